The standard InChI is InChI=1S/C14H25NO3/c16-14(6-5-13-17-7-2-8-18-13)9-11-3-1-4-12(10-14)15-11/h11-13,15-16H,1-10H2. The molecule has 0 spiro atoms. The van der Waals surface area contributed by atoms with E-state index in [4.69, 9.17) is 9.47 Å². The first kappa shape index (κ1) is 12.9. The second kappa shape index (κ2) is 5.45. The van der Waals surface area contributed by atoms with Gasteiger partial charge in [0.25, 0.3) is 0 Å². The molecule has 2 unspecified atom stereocenters. The minimum atomic E-state index is -0.495. The number of hydrogen-bond acceptors (Lipinski definition) is 4. The molecule has 0 aromatic heterocycles. The van der Waals surface area contributed by atoms with E-state index in [-0.39, 0.29) is 6.29 Å². The highest BCUT2D eigenvalue weighted by atomic mass is 16.7. The molecule has 4 heteroatoms. The van der Waals surface area contributed by atoms with Crippen molar-refractivity contribution < 1.29 is 14.6 Å². The molecule has 0 amide bonds. The van der Waals surface area contributed by atoms with Gasteiger partial charge in [-0.2, -0.15) is 0 Å². The molecular formula is C14H25NO3. The molecule has 3 saturated heterocycles. The van der Waals surface area contributed by atoms with Crippen LogP contribution in [0.5, 0.6) is 0 Å². The van der Waals surface area contributed by atoms with E-state index in [1.54, 1.807) is 0 Å². The Kier molecular flexibility index (Phi) is 3.89. The van der Waals surface area contributed by atoms with Gasteiger partial charge < -0.3 is 19.9 Å². The van der Waals surface area contributed by atoms with Crippen LogP contribution in [0.1, 0.15) is 51.4 Å². The molecule has 2 atom stereocenters. The molecule has 2 N–H and O–H groups in total. The van der Waals surface area contributed by atoms with Gasteiger partial charge in [-0.15, -0.1) is 0 Å². The Morgan fingerprint density at radius 1 is 1.06 bits per heavy atom. The van der Waals surface area contributed by atoms with Gasteiger partial charge in [-0.1, -0.05) is 6.42 Å². The second-order valence-corrected chi connectivity index (χ2v) is 6.19. The molecular weight excluding hydrogens is 230 g/mol. The van der Waals surface area contributed by atoms with Crippen molar-refractivity contribution in [1.82, 2.24) is 5.32 Å². The van der Waals surface area contributed by atoms with Gasteiger partial charge in [0, 0.05) is 18.5 Å². The van der Waals surface area contributed by atoms with E-state index < -0.39 is 5.60 Å². The first-order valence-corrected chi connectivity index (χ1v) is 7.45. The van der Waals surface area contributed by atoms with E-state index in [1.807, 2.05) is 0 Å². The molecule has 0 aromatic carbocycles. The van der Waals surface area contributed by atoms with E-state index in [9.17, 15) is 5.11 Å². The molecule has 3 rings (SSSR count). The van der Waals surface area contributed by atoms with Gasteiger partial charge >= 0.3 is 0 Å². The molecule has 3 fully saturated rings. The van der Waals surface area contributed by atoms with Gasteiger partial charge in [0.2, 0.25) is 0 Å². The molecule has 3 aliphatic heterocycles. The lowest BCUT2D eigenvalue weighted by molar-refractivity contribution is -0.188. The highest BCUT2D eigenvalue weighted by Gasteiger charge is 2.40. The van der Waals surface area contributed by atoms with Crippen LogP contribution >= 0.6 is 0 Å². The maximum Gasteiger partial charge on any atom is 0.157 e. The summed E-state index contributed by atoms with van der Waals surface area (Å²) in [6.45, 7) is 1.60. The SMILES string of the molecule is OC1(CCC2OCCCO2)CC2CCCC(C1)N2. The normalized spacial score (nSPS) is 41.8. The molecule has 0 aliphatic carbocycles. The number of hydrogen-bond donors (Lipinski definition) is 2. The molecule has 0 aromatic rings. The molecule has 3 heterocycles. The fourth-order valence-corrected chi connectivity index (χ4v) is 3.73. The van der Waals surface area contributed by atoms with E-state index in [1.165, 1.54) is 19.3 Å². The van der Waals surface area contributed by atoms with Crippen LogP contribution in [0.3, 0.4) is 0 Å². The Balaban J connectivity index is 1.51. The lowest BCUT2D eigenvalue weighted by atomic mass is 9.75. The van der Waals surface area contributed by atoms with Gasteiger partial charge in [0.05, 0.1) is 18.8 Å². The summed E-state index contributed by atoms with van der Waals surface area (Å²) in [5.41, 5.74) is -0.495. The quantitative estimate of drug-likeness (QED) is 0.803. The minimum Gasteiger partial charge on any atom is -0.390 e. The summed E-state index contributed by atoms with van der Waals surface area (Å²) in [6, 6.07) is 1.05. The van der Waals surface area contributed by atoms with Crippen molar-refractivity contribution in [3.05, 3.63) is 0 Å². The fourth-order valence-electron chi connectivity index (χ4n) is 3.73. The molecule has 0 saturated carbocycles. The van der Waals surface area contributed by atoms with Gasteiger partial charge in [0.1, 0.15) is 0 Å². The summed E-state index contributed by atoms with van der Waals surface area (Å²) >= 11 is 0. The Morgan fingerprint density at radius 3 is 2.39 bits per heavy atom. The van der Waals surface area contributed by atoms with Gasteiger partial charge in [0.15, 0.2) is 6.29 Å². The summed E-state index contributed by atoms with van der Waals surface area (Å²) in [6.07, 6.45) is 8.10. The number of piperidine rings is 2. The van der Waals surface area contributed by atoms with Crippen LogP contribution in [0.15, 0.2) is 0 Å². The molecule has 4 nitrogen and oxygen atoms in total. The third-order valence-electron chi connectivity index (χ3n) is 4.57. The van der Waals surface area contributed by atoms with Crippen LogP contribution in [-0.2, 0) is 9.47 Å². The monoisotopic (exact) mass is 255 g/mol. The van der Waals surface area contributed by atoms with Crippen molar-refractivity contribution in [2.75, 3.05) is 13.2 Å². The third kappa shape index (κ3) is 3.05. The van der Waals surface area contributed by atoms with Crippen molar-refractivity contribution in [3.8, 4) is 0 Å². The second-order valence-electron chi connectivity index (χ2n) is 6.19. The zero-order valence-corrected chi connectivity index (χ0v) is 11.1. The number of nitrogens with one attached hydrogen (secondary N) is 1. The van der Waals surface area contributed by atoms with Gasteiger partial charge in [-0.3, -0.25) is 0 Å². The maximum atomic E-state index is 10.8. The van der Waals surface area contributed by atoms with Crippen molar-refractivity contribution >= 4 is 0 Å². The molecule has 2 bridgehead atoms. The van der Waals surface area contributed by atoms with Crippen molar-refractivity contribution in [3.63, 3.8) is 0 Å². The van der Waals surface area contributed by atoms with Crippen LogP contribution in [0.4, 0.5) is 0 Å². The van der Waals surface area contributed by atoms with Crippen molar-refractivity contribution in [1.29, 1.82) is 0 Å². The molecule has 104 valence electrons. The predicted octanol–water partition coefficient (Wildman–Crippen LogP) is 1.57. The fraction of sp³-hybridized carbons (Fsp3) is 1.00. The lowest BCUT2D eigenvalue weighted by Crippen LogP contribution is -2.55. The Morgan fingerprint density at radius 2 is 1.72 bits per heavy atom. The van der Waals surface area contributed by atoms with E-state index in [0.29, 0.717) is 12.1 Å². The Labute approximate surface area is 109 Å². The average molecular weight is 255 g/mol. The predicted molar refractivity (Wildman–Crippen MR) is 68.3 cm³/mol. The van der Waals surface area contributed by atoms with Gasteiger partial charge in [-0.25, -0.2) is 0 Å². The molecule has 3 aliphatic rings. The highest BCUT2D eigenvalue weighted by molar-refractivity contribution is 4.97. The number of rotatable bonds is 3. The summed E-state index contributed by atoms with van der Waals surface area (Å²) in [5.74, 6) is 0. The smallest absolute Gasteiger partial charge is 0.157 e. The third-order valence-corrected chi connectivity index (χ3v) is 4.57. The zero-order valence-electron chi connectivity index (χ0n) is 11.1. The maximum absolute atomic E-state index is 10.8. The van der Waals surface area contributed by atoms with Crippen molar-refractivity contribution in [2.24, 2.45) is 0 Å². The number of ether oxygens (including phenoxy) is 2. The number of fused-ring (bicyclic) bond motifs is 2. The molecule has 18 heavy (non-hydrogen) atoms. The zero-order chi connectivity index (χ0) is 12.4. The van der Waals surface area contributed by atoms with E-state index in [0.717, 1.165) is 45.3 Å². The average Bonchev–Trinajstić information content (AvgIpc) is 2.37. The Bertz CT molecular complexity index is 266. The van der Waals surface area contributed by atoms with Crippen LogP contribution in [0.25, 0.3) is 0 Å². The van der Waals surface area contributed by atoms with Crippen molar-refractivity contribution in [2.45, 2.75) is 75.3 Å². The van der Waals surface area contributed by atoms with Crippen LogP contribution in [0, 0.1) is 0 Å². The summed E-state index contributed by atoms with van der Waals surface area (Å²) in [4.78, 5) is 0. The van der Waals surface area contributed by atoms with E-state index in [2.05, 4.69) is 5.32 Å². The van der Waals surface area contributed by atoms with Gasteiger partial charge in [-0.05, 0) is 38.5 Å². The topological polar surface area (TPSA) is 50.7 Å². The summed E-state index contributed by atoms with van der Waals surface area (Å²) in [5, 5.41) is 14.4. The minimum absolute atomic E-state index is 0.0856. The summed E-state index contributed by atoms with van der Waals surface area (Å²) < 4.78 is 11.1. The van der Waals surface area contributed by atoms with E-state index >= 15 is 0 Å². The Hall–Kier alpha value is -0.160. The van der Waals surface area contributed by atoms with Crippen LogP contribution in [-0.4, -0.2) is 42.3 Å². The van der Waals surface area contributed by atoms with Crippen LogP contribution < -0.4 is 5.32 Å². The number of aliphatic hydroxyl groups is 1. The highest BCUT2D eigenvalue weighted by Crippen LogP contribution is 2.36. The molecule has 0 radical (unpaired) electrons. The first-order chi connectivity index (χ1) is 8.73. The lowest BCUT2D eigenvalue weighted by Gasteiger charge is -2.45. The largest absolute Gasteiger partial charge is 0.390 e. The first-order valence-electron chi connectivity index (χ1n) is 7.45. The summed E-state index contributed by atoms with van der Waals surface area (Å²) in [7, 11) is 0. The van der Waals surface area contributed by atoms with Crippen LogP contribution in [0.2, 0.25) is 0 Å².